The highest BCUT2D eigenvalue weighted by Gasteiger charge is 2.21. The monoisotopic (exact) mass is 269 g/mol. The molecular formula is C16H19N3O. The molecule has 1 N–H and O–H groups in total. The minimum atomic E-state index is -0.0545. The normalized spacial score (nSPS) is 12.0. The van der Waals surface area contributed by atoms with Crippen LogP contribution in [0.5, 0.6) is 0 Å². The average Bonchev–Trinajstić information content (AvgIpc) is 2.96. The molecule has 0 unspecified atom stereocenters. The van der Waals surface area contributed by atoms with Crippen molar-refractivity contribution in [3.63, 3.8) is 0 Å². The van der Waals surface area contributed by atoms with Gasteiger partial charge < -0.3 is 9.73 Å². The zero-order chi connectivity index (χ0) is 14.3. The van der Waals surface area contributed by atoms with Gasteiger partial charge in [-0.25, -0.2) is 4.98 Å². The minimum Gasteiger partial charge on any atom is -0.463 e. The van der Waals surface area contributed by atoms with Crippen molar-refractivity contribution in [2.45, 2.75) is 33.2 Å². The Morgan fingerprint density at radius 1 is 1.20 bits per heavy atom. The van der Waals surface area contributed by atoms with E-state index in [9.17, 15) is 0 Å². The Bertz CT molecular complexity index is 733. The van der Waals surface area contributed by atoms with Gasteiger partial charge in [-0.05, 0) is 51.5 Å². The first-order chi connectivity index (χ1) is 9.46. The van der Waals surface area contributed by atoms with E-state index in [1.807, 2.05) is 24.4 Å². The van der Waals surface area contributed by atoms with Crippen molar-refractivity contribution in [1.29, 1.82) is 0 Å². The van der Waals surface area contributed by atoms with Gasteiger partial charge in [-0.15, -0.1) is 0 Å². The zero-order valence-electron chi connectivity index (χ0n) is 12.3. The van der Waals surface area contributed by atoms with Crippen molar-refractivity contribution in [3.8, 4) is 11.5 Å². The molecule has 3 heterocycles. The Morgan fingerprint density at radius 3 is 2.65 bits per heavy atom. The van der Waals surface area contributed by atoms with E-state index < -0.39 is 0 Å². The second kappa shape index (κ2) is 4.40. The van der Waals surface area contributed by atoms with Gasteiger partial charge in [0.05, 0.1) is 6.26 Å². The van der Waals surface area contributed by atoms with Gasteiger partial charge >= 0.3 is 0 Å². The topological polar surface area (TPSA) is 42.5 Å². The summed E-state index contributed by atoms with van der Waals surface area (Å²) in [5, 5.41) is 3.53. The maximum absolute atomic E-state index is 5.53. The van der Waals surface area contributed by atoms with E-state index in [1.165, 1.54) is 0 Å². The first-order valence-corrected chi connectivity index (χ1v) is 6.75. The molecule has 3 aromatic heterocycles. The molecule has 0 aliphatic heterocycles. The number of pyridine rings is 1. The molecule has 0 saturated carbocycles. The Hall–Kier alpha value is -2.23. The van der Waals surface area contributed by atoms with Gasteiger partial charge in [0.25, 0.3) is 0 Å². The highest BCUT2D eigenvalue weighted by atomic mass is 16.3. The lowest BCUT2D eigenvalue weighted by Gasteiger charge is -2.22. The zero-order valence-corrected chi connectivity index (χ0v) is 12.3. The van der Waals surface area contributed by atoms with Crippen LogP contribution in [0.25, 0.3) is 17.1 Å². The van der Waals surface area contributed by atoms with Crippen LogP contribution in [0.1, 0.15) is 26.3 Å². The molecule has 0 saturated heterocycles. The Kier molecular flexibility index (Phi) is 2.82. The van der Waals surface area contributed by atoms with E-state index in [0.29, 0.717) is 0 Å². The third-order valence-corrected chi connectivity index (χ3v) is 3.09. The quantitative estimate of drug-likeness (QED) is 0.761. The lowest BCUT2D eigenvalue weighted by atomic mass is 10.1. The smallest absolute Gasteiger partial charge is 0.156 e. The first-order valence-electron chi connectivity index (χ1n) is 6.75. The molecule has 0 bridgehead atoms. The molecule has 0 radical (unpaired) electrons. The molecule has 0 aromatic carbocycles. The fraction of sp³-hybridized carbons (Fsp3) is 0.312. The summed E-state index contributed by atoms with van der Waals surface area (Å²) in [5.74, 6) is 1.74. The number of nitrogens with zero attached hydrogens (tertiary/aromatic N) is 2. The molecule has 104 valence electrons. The SMILES string of the molecule is Cc1cccn2c(NC(C)(C)C)c(-c3ccco3)nc12. The van der Waals surface area contributed by atoms with Crippen molar-refractivity contribution in [2.75, 3.05) is 5.32 Å². The molecule has 4 heteroatoms. The van der Waals surface area contributed by atoms with Crippen LogP contribution < -0.4 is 5.32 Å². The molecule has 20 heavy (non-hydrogen) atoms. The van der Waals surface area contributed by atoms with Gasteiger partial charge in [-0.2, -0.15) is 0 Å². The number of hydrogen-bond acceptors (Lipinski definition) is 3. The molecule has 3 rings (SSSR count). The lowest BCUT2D eigenvalue weighted by molar-refractivity contribution is 0.579. The van der Waals surface area contributed by atoms with Crippen LogP contribution in [-0.4, -0.2) is 14.9 Å². The maximum atomic E-state index is 5.53. The van der Waals surface area contributed by atoms with Crippen LogP contribution in [0.3, 0.4) is 0 Å². The minimum absolute atomic E-state index is 0.0545. The molecule has 4 nitrogen and oxygen atoms in total. The van der Waals surface area contributed by atoms with E-state index in [1.54, 1.807) is 6.26 Å². The summed E-state index contributed by atoms with van der Waals surface area (Å²) in [5.41, 5.74) is 2.88. The van der Waals surface area contributed by atoms with Gasteiger partial charge in [0.2, 0.25) is 0 Å². The van der Waals surface area contributed by atoms with E-state index in [4.69, 9.17) is 9.40 Å². The summed E-state index contributed by atoms with van der Waals surface area (Å²) in [7, 11) is 0. The fourth-order valence-corrected chi connectivity index (χ4v) is 2.26. The average molecular weight is 269 g/mol. The van der Waals surface area contributed by atoms with Gasteiger partial charge in [0.15, 0.2) is 5.76 Å². The summed E-state index contributed by atoms with van der Waals surface area (Å²) >= 11 is 0. The highest BCUT2D eigenvalue weighted by molar-refractivity contribution is 5.75. The number of nitrogens with one attached hydrogen (secondary N) is 1. The van der Waals surface area contributed by atoms with Gasteiger partial charge in [-0.1, -0.05) is 6.07 Å². The summed E-state index contributed by atoms with van der Waals surface area (Å²) in [6, 6.07) is 7.91. The summed E-state index contributed by atoms with van der Waals surface area (Å²) in [6.45, 7) is 8.46. The Balaban J connectivity index is 2.27. The number of fused-ring (bicyclic) bond motifs is 1. The predicted octanol–water partition coefficient (Wildman–Crippen LogP) is 4.11. The van der Waals surface area contributed by atoms with E-state index >= 15 is 0 Å². The largest absolute Gasteiger partial charge is 0.463 e. The number of furan rings is 1. The summed E-state index contributed by atoms with van der Waals surface area (Å²) < 4.78 is 7.61. The molecule has 3 aromatic rings. The first kappa shape index (κ1) is 12.8. The van der Waals surface area contributed by atoms with Gasteiger partial charge in [0, 0.05) is 11.7 Å². The molecule has 0 spiro atoms. The number of imidazole rings is 1. The second-order valence-corrected chi connectivity index (χ2v) is 6.05. The molecule has 0 atom stereocenters. The van der Waals surface area contributed by atoms with Crippen LogP contribution in [-0.2, 0) is 0 Å². The summed E-state index contributed by atoms with van der Waals surface area (Å²) in [4.78, 5) is 4.75. The van der Waals surface area contributed by atoms with E-state index in [0.717, 1.165) is 28.5 Å². The summed E-state index contributed by atoms with van der Waals surface area (Å²) in [6.07, 6.45) is 3.70. The van der Waals surface area contributed by atoms with Crippen molar-refractivity contribution >= 4 is 11.5 Å². The lowest BCUT2D eigenvalue weighted by Crippen LogP contribution is -2.27. The van der Waals surface area contributed by atoms with Crippen molar-refractivity contribution in [3.05, 3.63) is 42.3 Å². The van der Waals surface area contributed by atoms with Crippen molar-refractivity contribution in [1.82, 2.24) is 9.38 Å². The molecule has 0 fully saturated rings. The molecule has 0 amide bonds. The predicted molar refractivity (Wildman–Crippen MR) is 81.0 cm³/mol. The highest BCUT2D eigenvalue weighted by Crippen LogP contribution is 2.31. The maximum Gasteiger partial charge on any atom is 0.156 e. The molecule has 0 aliphatic carbocycles. The van der Waals surface area contributed by atoms with Crippen LogP contribution in [0, 0.1) is 6.92 Å². The van der Waals surface area contributed by atoms with Crippen LogP contribution in [0.15, 0.2) is 41.1 Å². The Morgan fingerprint density at radius 2 is 2.00 bits per heavy atom. The van der Waals surface area contributed by atoms with Gasteiger partial charge in [-0.3, -0.25) is 4.40 Å². The van der Waals surface area contributed by atoms with Gasteiger partial charge in [0.1, 0.15) is 17.2 Å². The number of aromatic nitrogens is 2. The standard InChI is InChI=1S/C16H19N3O/c1-11-7-5-9-19-14(11)17-13(12-8-6-10-20-12)15(19)18-16(2,3)4/h5-10,18H,1-4H3. The second-order valence-electron chi connectivity index (χ2n) is 6.05. The number of anilines is 1. The third kappa shape index (κ3) is 2.18. The van der Waals surface area contributed by atoms with E-state index in [-0.39, 0.29) is 5.54 Å². The van der Waals surface area contributed by atoms with Crippen molar-refractivity contribution < 1.29 is 4.42 Å². The third-order valence-electron chi connectivity index (χ3n) is 3.09. The number of aryl methyl sites for hydroxylation is 1. The number of hydrogen-bond donors (Lipinski definition) is 1. The molecule has 0 aliphatic rings. The van der Waals surface area contributed by atoms with Crippen LogP contribution >= 0.6 is 0 Å². The molecular weight excluding hydrogens is 250 g/mol. The van der Waals surface area contributed by atoms with Crippen LogP contribution in [0.4, 0.5) is 5.82 Å². The van der Waals surface area contributed by atoms with Crippen LogP contribution in [0.2, 0.25) is 0 Å². The number of rotatable bonds is 2. The Labute approximate surface area is 118 Å². The fourth-order valence-electron chi connectivity index (χ4n) is 2.26. The van der Waals surface area contributed by atoms with Crippen molar-refractivity contribution in [2.24, 2.45) is 0 Å². The van der Waals surface area contributed by atoms with E-state index in [2.05, 4.69) is 43.5 Å².